The van der Waals surface area contributed by atoms with E-state index in [1.165, 1.54) is 10.5 Å². The summed E-state index contributed by atoms with van der Waals surface area (Å²) in [5.41, 5.74) is 1.26. The molecule has 4 heteroatoms. The lowest BCUT2D eigenvalue weighted by Gasteiger charge is -2.18. The van der Waals surface area contributed by atoms with Gasteiger partial charge in [-0.25, -0.2) is 4.79 Å². The standard InChI is InChI=1S/C16H20N2O2/c1-12(13-6-3-2-4-7-13)9-11-18-15(19)14-8-5-10-17(14)16(18)20/h2-4,6-7,12,14H,5,8-11H2,1H3/t12-,14+/m1/s1. The molecule has 4 nitrogen and oxygen atoms in total. The van der Waals surface area contributed by atoms with Crippen molar-refractivity contribution in [2.75, 3.05) is 13.1 Å². The average Bonchev–Trinajstić information content (AvgIpc) is 3.03. The Morgan fingerprint density at radius 2 is 2.00 bits per heavy atom. The molecular weight excluding hydrogens is 252 g/mol. The summed E-state index contributed by atoms with van der Waals surface area (Å²) < 4.78 is 0. The van der Waals surface area contributed by atoms with Gasteiger partial charge in [-0.15, -0.1) is 0 Å². The number of fused-ring (bicyclic) bond motifs is 1. The number of carbonyl (C=O) groups is 2. The van der Waals surface area contributed by atoms with Gasteiger partial charge in [0.15, 0.2) is 0 Å². The highest BCUT2D eigenvalue weighted by atomic mass is 16.2. The maximum absolute atomic E-state index is 12.2. The summed E-state index contributed by atoms with van der Waals surface area (Å²) in [7, 11) is 0. The summed E-state index contributed by atoms with van der Waals surface area (Å²) in [5.74, 6) is 0.361. The zero-order chi connectivity index (χ0) is 14.1. The van der Waals surface area contributed by atoms with Gasteiger partial charge in [-0.2, -0.15) is 0 Å². The lowest BCUT2D eigenvalue weighted by molar-refractivity contribution is -0.128. The van der Waals surface area contributed by atoms with Crippen LogP contribution >= 0.6 is 0 Å². The zero-order valence-corrected chi connectivity index (χ0v) is 11.8. The monoisotopic (exact) mass is 272 g/mol. The van der Waals surface area contributed by atoms with Crippen molar-refractivity contribution in [3.63, 3.8) is 0 Å². The second-order valence-electron chi connectivity index (χ2n) is 5.72. The largest absolute Gasteiger partial charge is 0.327 e. The molecule has 0 N–H and O–H groups in total. The van der Waals surface area contributed by atoms with E-state index in [2.05, 4.69) is 19.1 Å². The van der Waals surface area contributed by atoms with Crippen molar-refractivity contribution < 1.29 is 9.59 Å². The van der Waals surface area contributed by atoms with Gasteiger partial charge in [-0.1, -0.05) is 37.3 Å². The smallest absolute Gasteiger partial charge is 0.312 e. The number of amides is 3. The Morgan fingerprint density at radius 1 is 1.25 bits per heavy atom. The quantitative estimate of drug-likeness (QED) is 0.790. The summed E-state index contributed by atoms with van der Waals surface area (Å²) >= 11 is 0. The van der Waals surface area contributed by atoms with E-state index < -0.39 is 0 Å². The first-order valence-corrected chi connectivity index (χ1v) is 7.35. The third-order valence-corrected chi connectivity index (χ3v) is 4.43. The number of nitrogens with zero attached hydrogens (tertiary/aromatic N) is 2. The molecule has 106 valence electrons. The summed E-state index contributed by atoms with van der Waals surface area (Å²) in [6, 6.07) is 9.97. The molecule has 2 aliphatic rings. The molecule has 0 radical (unpaired) electrons. The molecule has 1 aromatic rings. The van der Waals surface area contributed by atoms with Crippen molar-refractivity contribution in [3.8, 4) is 0 Å². The minimum absolute atomic E-state index is 0.00719. The Bertz CT molecular complexity index is 492. The SMILES string of the molecule is C[C@H](CCN1C(=O)[C@@H]2CCCN2C1=O)c1ccccc1. The van der Waals surface area contributed by atoms with Crippen molar-refractivity contribution in [2.45, 2.75) is 38.1 Å². The summed E-state index contributed by atoms with van der Waals surface area (Å²) in [6.45, 7) is 3.40. The van der Waals surface area contributed by atoms with Gasteiger partial charge in [0.1, 0.15) is 6.04 Å². The highest BCUT2D eigenvalue weighted by Gasteiger charge is 2.46. The summed E-state index contributed by atoms with van der Waals surface area (Å²) in [5, 5.41) is 0. The molecule has 2 aliphatic heterocycles. The first-order valence-electron chi connectivity index (χ1n) is 7.35. The Labute approximate surface area is 119 Å². The molecular formula is C16H20N2O2. The molecule has 0 spiro atoms. The molecule has 0 bridgehead atoms. The van der Waals surface area contributed by atoms with Crippen LogP contribution in [0.3, 0.4) is 0 Å². The van der Waals surface area contributed by atoms with Gasteiger partial charge >= 0.3 is 6.03 Å². The van der Waals surface area contributed by atoms with Crippen molar-refractivity contribution in [1.82, 2.24) is 9.80 Å². The van der Waals surface area contributed by atoms with Crippen LogP contribution < -0.4 is 0 Å². The topological polar surface area (TPSA) is 40.6 Å². The van der Waals surface area contributed by atoms with Crippen LogP contribution in [0.1, 0.15) is 37.7 Å². The van der Waals surface area contributed by atoms with Crippen LogP contribution in [0.15, 0.2) is 30.3 Å². The van der Waals surface area contributed by atoms with Gasteiger partial charge in [0.25, 0.3) is 5.91 Å². The van der Waals surface area contributed by atoms with E-state index >= 15 is 0 Å². The van der Waals surface area contributed by atoms with E-state index in [4.69, 9.17) is 0 Å². The minimum Gasteiger partial charge on any atom is -0.312 e. The molecule has 0 saturated carbocycles. The van der Waals surface area contributed by atoms with Gasteiger partial charge in [-0.05, 0) is 30.7 Å². The highest BCUT2D eigenvalue weighted by Crippen LogP contribution is 2.28. The van der Waals surface area contributed by atoms with E-state index in [9.17, 15) is 9.59 Å². The van der Waals surface area contributed by atoms with E-state index in [1.54, 1.807) is 4.90 Å². The fourth-order valence-electron chi connectivity index (χ4n) is 3.16. The van der Waals surface area contributed by atoms with Gasteiger partial charge in [0.05, 0.1) is 0 Å². The molecule has 2 heterocycles. The lowest BCUT2D eigenvalue weighted by atomic mass is 9.98. The van der Waals surface area contributed by atoms with Gasteiger partial charge in [0, 0.05) is 13.1 Å². The number of imide groups is 1. The number of carbonyl (C=O) groups excluding carboxylic acids is 2. The molecule has 0 aliphatic carbocycles. The van der Waals surface area contributed by atoms with Crippen molar-refractivity contribution in [1.29, 1.82) is 0 Å². The summed E-state index contributed by atoms with van der Waals surface area (Å²) in [4.78, 5) is 27.6. The number of hydrogen-bond donors (Lipinski definition) is 0. The number of rotatable bonds is 4. The van der Waals surface area contributed by atoms with Crippen LogP contribution in [-0.4, -0.2) is 40.9 Å². The summed E-state index contributed by atoms with van der Waals surface area (Å²) in [6.07, 6.45) is 2.60. The van der Waals surface area contributed by atoms with Crippen molar-refractivity contribution >= 4 is 11.9 Å². The fraction of sp³-hybridized carbons (Fsp3) is 0.500. The van der Waals surface area contributed by atoms with Crippen LogP contribution in [0, 0.1) is 0 Å². The van der Waals surface area contributed by atoms with E-state index in [0.29, 0.717) is 12.5 Å². The van der Waals surface area contributed by atoms with Gasteiger partial charge in [0.2, 0.25) is 0 Å². The zero-order valence-electron chi connectivity index (χ0n) is 11.8. The van der Waals surface area contributed by atoms with E-state index in [-0.39, 0.29) is 18.0 Å². The third-order valence-electron chi connectivity index (χ3n) is 4.43. The Morgan fingerprint density at radius 3 is 2.70 bits per heavy atom. The Balaban J connectivity index is 1.62. The van der Waals surface area contributed by atoms with Crippen LogP contribution in [0.25, 0.3) is 0 Å². The number of urea groups is 1. The third kappa shape index (κ3) is 2.19. The number of benzene rings is 1. The molecule has 3 rings (SSSR count). The van der Waals surface area contributed by atoms with Crippen molar-refractivity contribution in [2.24, 2.45) is 0 Å². The molecule has 2 fully saturated rings. The maximum atomic E-state index is 12.2. The second kappa shape index (κ2) is 5.27. The molecule has 0 aromatic heterocycles. The van der Waals surface area contributed by atoms with Gasteiger partial charge < -0.3 is 4.90 Å². The predicted molar refractivity (Wildman–Crippen MR) is 76.3 cm³/mol. The maximum Gasteiger partial charge on any atom is 0.327 e. The Kier molecular flexibility index (Phi) is 3.47. The van der Waals surface area contributed by atoms with Gasteiger partial charge in [-0.3, -0.25) is 9.69 Å². The first kappa shape index (κ1) is 13.2. The van der Waals surface area contributed by atoms with E-state index in [0.717, 1.165) is 25.8 Å². The van der Waals surface area contributed by atoms with Crippen LogP contribution in [0.2, 0.25) is 0 Å². The molecule has 2 atom stereocenters. The second-order valence-corrected chi connectivity index (χ2v) is 5.72. The molecule has 2 saturated heterocycles. The Hall–Kier alpha value is -1.84. The first-order chi connectivity index (χ1) is 9.68. The highest BCUT2D eigenvalue weighted by molar-refractivity contribution is 6.04. The molecule has 3 amide bonds. The predicted octanol–water partition coefficient (Wildman–Crippen LogP) is 2.61. The van der Waals surface area contributed by atoms with Crippen LogP contribution in [0.5, 0.6) is 0 Å². The molecule has 20 heavy (non-hydrogen) atoms. The fourth-order valence-corrected chi connectivity index (χ4v) is 3.16. The molecule has 0 unspecified atom stereocenters. The molecule has 1 aromatic carbocycles. The van der Waals surface area contributed by atoms with Crippen LogP contribution in [-0.2, 0) is 4.79 Å². The lowest BCUT2D eigenvalue weighted by Crippen LogP contribution is -2.34. The van der Waals surface area contributed by atoms with Crippen LogP contribution in [0.4, 0.5) is 4.79 Å². The van der Waals surface area contributed by atoms with E-state index in [1.807, 2.05) is 18.2 Å². The average molecular weight is 272 g/mol. The number of hydrogen-bond acceptors (Lipinski definition) is 2. The minimum atomic E-state index is -0.172. The normalized spacial score (nSPS) is 23.4. The van der Waals surface area contributed by atoms with Crippen molar-refractivity contribution in [3.05, 3.63) is 35.9 Å².